The molecule has 0 aliphatic carbocycles. The molecule has 0 radical (unpaired) electrons. The van der Waals surface area contributed by atoms with Crippen LogP contribution in [0.2, 0.25) is 0 Å². The first kappa shape index (κ1) is 20.7. The van der Waals surface area contributed by atoms with Crippen molar-refractivity contribution in [3.63, 3.8) is 0 Å². The Morgan fingerprint density at radius 3 is 2.69 bits per heavy atom. The third kappa shape index (κ3) is 4.39. The molecule has 4 heterocycles. The second-order valence-electron chi connectivity index (χ2n) is 8.12. The zero-order valence-corrected chi connectivity index (χ0v) is 18.2. The number of carbonyl (C=O) groups excluding carboxylic acids is 1. The van der Waals surface area contributed by atoms with Gasteiger partial charge in [0.2, 0.25) is 0 Å². The number of nitrogens with zero attached hydrogens (tertiary/aromatic N) is 5. The molecule has 9 heteroatoms. The van der Waals surface area contributed by atoms with E-state index >= 15 is 0 Å². The normalized spacial score (nSPS) is 17.1. The van der Waals surface area contributed by atoms with Gasteiger partial charge in [0.1, 0.15) is 5.75 Å². The van der Waals surface area contributed by atoms with Gasteiger partial charge < -0.3 is 18.9 Å². The van der Waals surface area contributed by atoms with E-state index in [1.165, 1.54) is 0 Å². The second-order valence-corrected chi connectivity index (χ2v) is 8.12. The number of ether oxygens (including phenoxy) is 2. The summed E-state index contributed by atoms with van der Waals surface area (Å²) < 4.78 is 18.1. The van der Waals surface area contributed by atoms with E-state index in [1.807, 2.05) is 33.8 Å². The molecule has 2 aromatic heterocycles. The minimum atomic E-state index is -0.109. The maximum atomic E-state index is 13.1. The number of aryl methyl sites for hydroxylation is 1. The van der Waals surface area contributed by atoms with Crippen LogP contribution in [0.4, 0.5) is 0 Å². The fraction of sp³-hybridized carbons (Fsp3) is 0.435. The molecule has 0 unspecified atom stereocenters. The fourth-order valence-electron chi connectivity index (χ4n) is 4.17. The summed E-state index contributed by atoms with van der Waals surface area (Å²) in [6, 6.07) is 11.7. The molecule has 0 atom stereocenters. The minimum absolute atomic E-state index is 0.109. The molecular formula is C23H27N5O4. The zero-order chi connectivity index (χ0) is 21.9. The molecule has 0 saturated carbocycles. The standard InChI is InChI=1S/C23H27N5O4/c1-30-19-5-3-17(4-6-19)21-13-18-15-27(7-2-8-28(18)24-21)23(29)22-14-20(32-25-22)16-26-9-11-31-12-10-26/h3-6,13-14H,2,7-12,15-16H2,1H3. The average molecular weight is 438 g/mol. The third-order valence-corrected chi connectivity index (χ3v) is 5.95. The van der Waals surface area contributed by atoms with E-state index in [1.54, 1.807) is 13.2 Å². The molecule has 0 bridgehead atoms. The number of hydrogen-bond acceptors (Lipinski definition) is 7. The van der Waals surface area contributed by atoms with Gasteiger partial charge in [-0.2, -0.15) is 5.10 Å². The number of morpholine rings is 1. The number of methoxy groups -OCH3 is 1. The van der Waals surface area contributed by atoms with Crippen molar-refractivity contribution in [2.24, 2.45) is 0 Å². The van der Waals surface area contributed by atoms with Crippen molar-refractivity contribution in [1.82, 2.24) is 24.7 Å². The van der Waals surface area contributed by atoms with Gasteiger partial charge in [0.15, 0.2) is 11.5 Å². The summed E-state index contributed by atoms with van der Waals surface area (Å²) in [5.74, 6) is 1.41. The van der Waals surface area contributed by atoms with E-state index in [0.717, 1.165) is 62.0 Å². The summed E-state index contributed by atoms with van der Waals surface area (Å²) in [5, 5.41) is 8.81. The van der Waals surface area contributed by atoms with Crippen LogP contribution in [0.25, 0.3) is 11.3 Å². The summed E-state index contributed by atoms with van der Waals surface area (Å²) >= 11 is 0. The first-order valence-electron chi connectivity index (χ1n) is 11.0. The van der Waals surface area contributed by atoms with Gasteiger partial charge in [-0.1, -0.05) is 5.16 Å². The van der Waals surface area contributed by atoms with Crippen molar-refractivity contribution in [3.05, 3.63) is 53.5 Å². The predicted octanol–water partition coefficient (Wildman–Crippen LogP) is 2.42. The third-order valence-electron chi connectivity index (χ3n) is 5.95. The number of hydrogen-bond donors (Lipinski definition) is 0. The first-order chi connectivity index (χ1) is 15.7. The second kappa shape index (κ2) is 9.13. The number of benzene rings is 1. The summed E-state index contributed by atoms with van der Waals surface area (Å²) in [6.45, 7) is 5.73. The molecule has 0 spiro atoms. The van der Waals surface area contributed by atoms with E-state index in [-0.39, 0.29) is 5.91 Å². The highest BCUT2D eigenvalue weighted by atomic mass is 16.5. The van der Waals surface area contributed by atoms with Gasteiger partial charge in [0.25, 0.3) is 5.91 Å². The maximum absolute atomic E-state index is 13.1. The Kier molecular flexibility index (Phi) is 5.91. The van der Waals surface area contributed by atoms with Crippen molar-refractivity contribution >= 4 is 5.91 Å². The van der Waals surface area contributed by atoms with Crippen LogP contribution in [-0.4, -0.2) is 70.6 Å². The van der Waals surface area contributed by atoms with E-state index in [4.69, 9.17) is 19.1 Å². The molecule has 5 rings (SSSR count). The predicted molar refractivity (Wildman–Crippen MR) is 116 cm³/mol. The van der Waals surface area contributed by atoms with Crippen LogP contribution in [0.1, 0.15) is 28.4 Å². The molecule has 1 fully saturated rings. The molecule has 9 nitrogen and oxygen atoms in total. The molecule has 1 aromatic carbocycles. The quantitative estimate of drug-likeness (QED) is 0.606. The van der Waals surface area contributed by atoms with Gasteiger partial charge in [0, 0.05) is 37.8 Å². The lowest BCUT2D eigenvalue weighted by molar-refractivity contribution is 0.0305. The minimum Gasteiger partial charge on any atom is -0.497 e. The Bertz CT molecular complexity index is 1070. The van der Waals surface area contributed by atoms with Gasteiger partial charge in [-0.15, -0.1) is 0 Å². The van der Waals surface area contributed by atoms with Gasteiger partial charge in [-0.05, 0) is 36.8 Å². The number of fused-ring (bicyclic) bond motifs is 1. The van der Waals surface area contributed by atoms with Gasteiger partial charge in [-0.25, -0.2) is 0 Å². The van der Waals surface area contributed by atoms with Crippen molar-refractivity contribution < 1.29 is 18.8 Å². The molecule has 2 aliphatic heterocycles. The van der Waals surface area contributed by atoms with E-state index < -0.39 is 0 Å². The lowest BCUT2D eigenvalue weighted by atomic mass is 10.1. The molecule has 2 aliphatic rings. The summed E-state index contributed by atoms with van der Waals surface area (Å²) in [6.07, 6.45) is 0.834. The topological polar surface area (TPSA) is 85.9 Å². The lowest BCUT2D eigenvalue weighted by Gasteiger charge is -2.25. The highest BCUT2D eigenvalue weighted by Crippen LogP contribution is 2.25. The number of aromatic nitrogens is 3. The highest BCUT2D eigenvalue weighted by molar-refractivity contribution is 5.92. The molecule has 3 aromatic rings. The van der Waals surface area contributed by atoms with Crippen molar-refractivity contribution in [2.45, 2.75) is 26.1 Å². The Morgan fingerprint density at radius 2 is 1.91 bits per heavy atom. The highest BCUT2D eigenvalue weighted by Gasteiger charge is 2.25. The van der Waals surface area contributed by atoms with Crippen LogP contribution in [0.5, 0.6) is 5.75 Å². The van der Waals surface area contributed by atoms with E-state index in [9.17, 15) is 4.79 Å². The van der Waals surface area contributed by atoms with Crippen LogP contribution in [0.3, 0.4) is 0 Å². The fourth-order valence-corrected chi connectivity index (χ4v) is 4.17. The summed E-state index contributed by atoms with van der Waals surface area (Å²) in [5.41, 5.74) is 3.29. The molecule has 0 N–H and O–H groups in total. The number of carbonyl (C=O) groups is 1. The number of amides is 1. The molecular weight excluding hydrogens is 410 g/mol. The Hall–Kier alpha value is -3.17. The lowest BCUT2D eigenvalue weighted by Crippen LogP contribution is -2.35. The zero-order valence-electron chi connectivity index (χ0n) is 18.2. The molecule has 168 valence electrons. The first-order valence-corrected chi connectivity index (χ1v) is 11.0. The van der Waals surface area contributed by atoms with E-state index in [2.05, 4.69) is 16.1 Å². The van der Waals surface area contributed by atoms with Crippen LogP contribution in [-0.2, 0) is 24.4 Å². The largest absolute Gasteiger partial charge is 0.497 e. The van der Waals surface area contributed by atoms with Gasteiger partial charge in [0.05, 0.1) is 44.8 Å². The van der Waals surface area contributed by atoms with Crippen LogP contribution in [0.15, 0.2) is 40.9 Å². The Labute approximate surface area is 186 Å². The molecule has 32 heavy (non-hydrogen) atoms. The van der Waals surface area contributed by atoms with E-state index in [0.29, 0.717) is 31.1 Å². The van der Waals surface area contributed by atoms with Crippen LogP contribution in [0, 0.1) is 0 Å². The smallest absolute Gasteiger partial charge is 0.276 e. The summed E-state index contributed by atoms with van der Waals surface area (Å²) in [7, 11) is 1.65. The Morgan fingerprint density at radius 1 is 1.09 bits per heavy atom. The van der Waals surface area contributed by atoms with Crippen LogP contribution >= 0.6 is 0 Å². The molecule has 1 amide bonds. The van der Waals surface area contributed by atoms with Crippen molar-refractivity contribution in [3.8, 4) is 17.0 Å². The summed E-state index contributed by atoms with van der Waals surface area (Å²) in [4.78, 5) is 17.2. The van der Waals surface area contributed by atoms with Crippen molar-refractivity contribution in [2.75, 3.05) is 40.0 Å². The van der Waals surface area contributed by atoms with Crippen LogP contribution < -0.4 is 4.74 Å². The number of rotatable bonds is 5. The van der Waals surface area contributed by atoms with Gasteiger partial charge in [-0.3, -0.25) is 14.4 Å². The maximum Gasteiger partial charge on any atom is 0.276 e. The molecule has 1 saturated heterocycles. The Balaban J connectivity index is 1.28. The van der Waals surface area contributed by atoms with Crippen molar-refractivity contribution in [1.29, 1.82) is 0 Å². The van der Waals surface area contributed by atoms with Gasteiger partial charge >= 0.3 is 0 Å². The average Bonchev–Trinajstić information content (AvgIpc) is 3.41. The SMILES string of the molecule is COc1ccc(-c2cc3n(n2)CCCN(C(=O)c2cc(CN4CCOCC4)on2)C3)cc1. The monoisotopic (exact) mass is 437 g/mol.